The first kappa shape index (κ1) is 12.7. The Hall–Kier alpha value is -1.30. The predicted molar refractivity (Wildman–Crippen MR) is 73.0 cm³/mol. The lowest BCUT2D eigenvalue weighted by molar-refractivity contribution is 0.0841. The molecular weight excluding hydrogens is 266 g/mol. The quantitative estimate of drug-likeness (QED) is 0.582. The van der Waals surface area contributed by atoms with E-state index in [2.05, 4.69) is 10.7 Å². The number of nitrogens with two attached hydrogens (primary N) is 1. The number of anilines is 1. The topological polar surface area (TPSA) is 76.4 Å². The van der Waals surface area contributed by atoms with E-state index in [9.17, 15) is 4.79 Å². The van der Waals surface area contributed by atoms with E-state index in [0.29, 0.717) is 22.4 Å². The maximum atomic E-state index is 12.3. The summed E-state index contributed by atoms with van der Waals surface area (Å²) in [6, 6.07) is 5.08. The van der Waals surface area contributed by atoms with Crippen LogP contribution in [0.3, 0.4) is 0 Å². The van der Waals surface area contributed by atoms with Crippen molar-refractivity contribution < 1.29 is 9.53 Å². The molecule has 2 saturated heterocycles. The molecule has 2 aliphatic heterocycles. The molecule has 2 heterocycles. The van der Waals surface area contributed by atoms with Crippen LogP contribution in [0.2, 0.25) is 5.02 Å². The number of carbonyl (C=O) groups is 1. The van der Waals surface area contributed by atoms with E-state index in [1.165, 1.54) is 0 Å². The van der Waals surface area contributed by atoms with Gasteiger partial charge in [-0.05, 0) is 37.5 Å². The third-order valence-corrected chi connectivity index (χ3v) is 4.04. The molecule has 3 rings (SSSR count). The van der Waals surface area contributed by atoms with Crippen LogP contribution in [-0.4, -0.2) is 24.2 Å². The van der Waals surface area contributed by atoms with Crippen molar-refractivity contribution in [2.45, 2.75) is 37.5 Å². The van der Waals surface area contributed by atoms with Crippen LogP contribution in [0.4, 0.5) is 5.69 Å². The van der Waals surface area contributed by atoms with Crippen molar-refractivity contribution in [1.29, 1.82) is 0 Å². The highest BCUT2D eigenvalue weighted by Crippen LogP contribution is 2.34. The summed E-state index contributed by atoms with van der Waals surface area (Å²) < 4.78 is 5.72. The van der Waals surface area contributed by atoms with Gasteiger partial charge in [0.25, 0.3) is 5.91 Å². The van der Waals surface area contributed by atoms with Gasteiger partial charge in [-0.3, -0.25) is 10.6 Å². The molecule has 3 atom stereocenters. The number of hydrazine groups is 1. The summed E-state index contributed by atoms with van der Waals surface area (Å²) in [7, 11) is 0. The lowest BCUT2D eigenvalue weighted by Gasteiger charge is -2.20. The molecule has 0 radical (unpaired) electrons. The molecule has 3 unspecified atom stereocenters. The fraction of sp³-hybridized carbons (Fsp3) is 0.462. The van der Waals surface area contributed by atoms with Crippen LogP contribution in [-0.2, 0) is 4.74 Å². The Bertz CT molecular complexity index is 509. The first-order valence-corrected chi connectivity index (χ1v) is 6.77. The van der Waals surface area contributed by atoms with Gasteiger partial charge < -0.3 is 15.5 Å². The Balaban J connectivity index is 1.75. The van der Waals surface area contributed by atoms with Crippen LogP contribution >= 0.6 is 11.6 Å². The maximum Gasteiger partial charge on any atom is 0.253 e. The van der Waals surface area contributed by atoms with Gasteiger partial charge in [-0.2, -0.15) is 0 Å². The van der Waals surface area contributed by atoms with Crippen molar-refractivity contribution in [2.75, 3.05) is 5.43 Å². The smallest absolute Gasteiger partial charge is 0.253 e. The second-order valence-corrected chi connectivity index (χ2v) is 5.46. The molecule has 0 spiro atoms. The zero-order chi connectivity index (χ0) is 13.4. The lowest BCUT2D eigenvalue weighted by Crippen LogP contribution is -2.41. The van der Waals surface area contributed by atoms with Gasteiger partial charge in [0.1, 0.15) is 0 Å². The van der Waals surface area contributed by atoms with Crippen LogP contribution in [0.25, 0.3) is 0 Å². The van der Waals surface area contributed by atoms with Crippen LogP contribution in [0.5, 0.6) is 0 Å². The van der Waals surface area contributed by atoms with Gasteiger partial charge in [0.15, 0.2) is 0 Å². The fourth-order valence-corrected chi connectivity index (χ4v) is 3.04. The van der Waals surface area contributed by atoms with E-state index in [1.54, 1.807) is 18.2 Å². The van der Waals surface area contributed by atoms with Crippen LogP contribution < -0.4 is 16.6 Å². The second-order valence-electron chi connectivity index (χ2n) is 5.02. The Morgan fingerprint density at radius 1 is 1.42 bits per heavy atom. The first-order valence-electron chi connectivity index (χ1n) is 6.40. The Labute approximate surface area is 116 Å². The van der Waals surface area contributed by atoms with E-state index in [-0.39, 0.29) is 18.1 Å². The first-order chi connectivity index (χ1) is 9.17. The number of rotatable bonds is 3. The van der Waals surface area contributed by atoms with Gasteiger partial charge >= 0.3 is 0 Å². The summed E-state index contributed by atoms with van der Waals surface area (Å²) >= 11 is 5.92. The summed E-state index contributed by atoms with van der Waals surface area (Å²) in [4.78, 5) is 12.3. The molecule has 0 aliphatic carbocycles. The van der Waals surface area contributed by atoms with Gasteiger partial charge in [-0.25, -0.2) is 0 Å². The summed E-state index contributed by atoms with van der Waals surface area (Å²) in [6.45, 7) is 0. The SMILES string of the molecule is NNc1ccc(Cl)cc1C(=O)NC1CC2CCC1O2. The molecule has 1 amide bonds. The van der Waals surface area contributed by atoms with E-state index >= 15 is 0 Å². The van der Waals surface area contributed by atoms with Crippen LogP contribution in [0.15, 0.2) is 18.2 Å². The molecule has 2 fully saturated rings. The van der Waals surface area contributed by atoms with E-state index < -0.39 is 0 Å². The summed E-state index contributed by atoms with van der Waals surface area (Å²) in [5.74, 6) is 5.24. The number of hydrogen-bond donors (Lipinski definition) is 3. The van der Waals surface area contributed by atoms with Crippen molar-refractivity contribution >= 4 is 23.2 Å². The van der Waals surface area contributed by atoms with Gasteiger partial charge in [-0.15, -0.1) is 0 Å². The van der Waals surface area contributed by atoms with Gasteiger partial charge in [0, 0.05) is 5.02 Å². The van der Waals surface area contributed by atoms with Crippen LogP contribution in [0, 0.1) is 0 Å². The monoisotopic (exact) mass is 281 g/mol. The molecule has 4 N–H and O–H groups in total. The minimum Gasteiger partial charge on any atom is -0.373 e. The summed E-state index contributed by atoms with van der Waals surface area (Å²) in [6.07, 6.45) is 3.48. The minimum atomic E-state index is -0.170. The molecule has 0 aromatic heterocycles. The molecule has 1 aromatic rings. The number of nitrogens with one attached hydrogen (secondary N) is 2. The minimum absolute atomic E-state index is 0.0934. The number of halogens is 1. The highest BCUT2D eigenvalue weighted by molar-refractivity contribution is 6.31. The molecule has 1 aromatic carbocycles. The van der Waals surface area contributed by atoms with Crippen molar-refractivity contribution in [3.63, 3.8) is 0 Å². The zero-order valence-electron chi connectivity index (χ0n) is 10.4. The standard InChI is InChI=1S/C13H16ClN3O2/c14-7-1-3-10(17-15)9(5-7)13(18)16-11-6-8-2-4-12(11)19-8/h1,3,5,8,11-12,17H,2,4,6,15H2,(H,16,18). The van der Waals surface area contributed by atoms with Crippen molar-refractivity contribution in [2.24, 2.45) is 5.84 Å². The Morgan fingerprint density at radius 2 is 2.26 bits per heavy atom. The molecule has 0 saturated carbocycles. The number of amides is 1. The summed E-state index contributed by atoms with van der Waals surface area (Å²) in [5.41, 5.74) is 3.53. The number of nitrogen functional groups attached to an aromatic ring is 1. The van der Waals surface area contributed by atoms with Crippen molar-refractivity contribution in [1.82, 2.24) is 5.32 Å². The van der Waals surface area contributed by atoms with E-state index in [1.807, 2.05) is 0 Å². The number of ether oxygens (including phenoxy) is 1. The van der Waals surface area contributed by atoms with Gasteiger partial charge in [-0.1, -0.05) is 11.6 Å². The second kappa shape index (κ2) is 5.00. The third kappa shape index (κ3) is 2.41. The molecule has 19 heavy (non-hydrogen) atoms. The van der Waals surface area contributed by atoms with Gasteiger partial charge in [0.05, 0.1) is 29.5 Å². The highest BCUT2D eigenvalue weighted by atomic mass is 35.5. The van der Waals surface area contributed by atoms with Crippen LogP contribution in [0.1, 0.15) is 29.6 Å². The number of benzene rings is 1. The van der Waals surface area contributed by atoms with Gasteiger partial charge in [0.2, 0.25) is 0 Å². The average Bonchev–Trinajstić information content (AvgIpc) is 3.01. The molecule has 2 bridgehead atoms. The predicted octanol–water partition coefficient (Wildman–Crippen LogP) is 1.68. The third-order valence-electron chi connectivity index (χ3n) is 3.80. The normalized spacial score (nSPS) is 28.4. The zero-order valence-corrected chi connectivity index (χ0v) is 11.1. The van der Waals surface area contributed by atoms with Crippen molar-refractivity contribution in [3.8, 4) is 0 Å². The number of hydrogen-bond acceptors (Lipinski definition) is 4. The molecule has 2 aliphatic rings. The Kier molecular flexibility index (Phi) is 3.35. The maximum absolute atomic E-state index is 12.3. The largest absolute Gasteiger partial charge is 0.373 e. The van der Waals surface area contributed by atoms with Crippen molar-refractivity contribution in [3.05, 3.63) is 28.8 Å². The fourth-order valence-electron chi connectivity index (χ4n) is 2.87. The lowest BCUT2D eigenvalue weighted by atomic mass is 9.95. The number of carbonyl (C=O) groups excluding carboxylic acids is 1. The molecular formula is C13H16ClN3O2. The number of fused-ring (bicyclic) bond motifs is 2. The van der Waals surface area contributed by atoms with E-state index in [4.69, 9.17) is 22.2 Å². The molecule has 5 nitrogen and oxygen atoms in total. The average molecular weight is 282 g/mol. The van der Waals surface area contributed by atoms with E-state index in [0.717, 1.165) is 19.3 Å². The highest BCUT2D eigenvalue weighted by Gasteiger charge is 2.41. The summed E-state index contributed by atoms with van der Waals surface area (Å²) in [5, 5.41) is 3.52. The molecule has 102 valence electrons. The molecule has 6 heteroatoms. The Morgan fingerprint density at radius 3 is 2.89 bits per heavy atom.